The molecular weight excluding hydrogens is 502 g/mol. The van der Waals surface area contributed by atoms with Crippen molar-refractivity contribution >= 4 is 29.4 Å². The zero-order chi connectivity index (χ0) is 28.7. The maximum atomic E-state index is 12.7. The third-order valence-corrected chi connectivity index (χ3v) is 6.33. The molecule has 1 aliphatic heterocycles. The van der Waals surface area contributed by atoms with Crippen LogP contribution in [0.1, 0.15) is 45.2 Å². The fourth-order valence-electron chi connectivity index (χ4n) is 3.88. The molecule has 0 bridgehead atoms. The van der Waals surface area contributed by atoms with E-state index < -0.39 is 66.4 Å². The number of ether oxygens (including phenoxy) is 2. The van der Waals surface area contributed by atoms with Crippen LogP contribution in [0.3, 0.4) is 0 Å². The van der Waals surface area contributed by atoms with E-state index in [1.165, 1.54) is 13.8 Å². The molecule has 1 fully saturated rings. The van der Waals surface area contributed by atoms with Crippen molar-refractivity contribution in [1.82, 2.24) is 5.32 Å². The first kappa shape index (κ1) is 31.1. The van der Waals surface area contributed by atoms with Gasteiger partial charge in [0.2, 0.25) is 11.8 Å². The average Bonchev–Trinajstić information content (AvgIpc) is 2.85. The number of aryl methyl sites for hydroxylation is 1. The van der Waals surface area contributed by atoms with Gasteiger partial charge in [-0.2, -0.15) is 0 Å². The summed E-state index contributed by atoms with van der Waals surface area (Å²) in [6, 6.07) is 3.17. The Bertz CT molecular complexity index is 1020. The fourth-order valence-corrected chi connectivity index (χ4v) is 3.88. The molecule has 1 heterocycles. The van der Waals surface area contributed by atoms with Gasteiger partial charge < -0.3 is 46.3 Å². The number of carboxylic acids is 1. The molecule has 0 spiro atoms. The van der Waals surface area contributed by atoms with Gasteiger partial charge in [-0.15, -0.1) is 0 Å². The van der Waals surface area contributed by atoms with E-state index in [-0.39, 0.29) is 25.4 Å². The number of hydrogen-bond donors (Lipinski definition) is 7. The summed E-state index contributed by atoms with van der Waals surface area (Å²) < 4.78 is 10.4. The second-order valence-electron chi connectivity index (χ2n) is 9.70. The highest BCUT2D eigenvalue weighted by molar-refractivity contribution is 5.97. The maximum absolute atomic E-state index is 12.7. The molecule has 1 aromatic rings. The Morgan fingerprint density at radius 1 is 1.03 bits per heavy atom. The number of nitrogens with one attached hydrogen (secondary N) is 2. The van der Waals surface area contributed by atoms with E-state index in [1.54, 1.807) is 32.0 Å². The smallest absolute Gasteiger partial charge is 0.335 e. The van der Waals surface area contributed by atoms with Gasteiger partial charge in [0.05, 0.1) is 12.1 Å². The van der Waals surface area contributed by atoms with Gasteiger partial charge in [-0.1, -0.05) is 19.9 Å². The molecule has 38 heavy (non-hydrogen) atoms. The molecule has 0 aliphatic carbocycles. The lowest BCUT2D eigenvalue weighted by molar-refractivity contribution is -0.228. The van der Waals surface area contributed by atoms with Gasteiger partial charge in [0.1, 0.15) is 31.0 Å². The summed E-state index contributed by atoms with van der Waals surface area (Å²) in [7, 11) is 0. The minimum atomic E-state index is -1.80. The topological polar surface area (TPSA) is 218 Å². The molecule has 8 N–H and O–H groups in total. The Morgan fingerprint density at radius 3 is 2.26 bits per heavy atom. The lowest BCUT2D eigenvalue weighted by Gasteiger charge is -2.39. The zero-order valence-corrected chi connectivity index (χ0v) is 21.8. The Labute approximate surface area is 220 Å². The molecule has 0 saturated carbocycles. The lowest BCUT2D eigenvalue weighted by Crippen LogP contribution is -2.59. The molecular formula is C25H37N3O10. The van der Waals surface area contributed by atoms with Crippen LogP contribution in [-0.4, -0.2) is 86.8 Å². The van der Waals surface area contributed by atoms with E-state index in [0.717, 1.165) is 0 Å². The van der Waals surface area contributed by atoms with E-state index in [4.69, 9.17) is 15.2 Å². The SMILES string of the molecule is CC(=O)OCc1ccc(NC(=O)[C@H](C)NC(=O)[C@@H](N)C(C)C)cc1CC[C@@H]1O[C@H](C(=O)O)[C@@H](O)[C@H](O)[C@H]1O. The second kappa shape index (κ2) is 13.6. The molecule has 1 aromatic carbocycles. The fraction of sp³-hybridized carbons (Fsp3) is 0.600. The Morgan fingerprint density at radius 2 is 1.68 bits per heavy atom. The third kappa shape index (κ3) is 8.20. The first-order valence-electron chi connectivity index (χ1n) is 12.3. The minimum absolute atomic E-state index is 0.0404. The van der Waals surface area contributed by atoms with Gasteiger partial charge in [0.25, 0.3) is 0 Å². The molecule has 13 heteroatoms. The normalized spacial score (nSPS) is 24.8. The van der Waals surface area contributed by atoms with Crippen molar-refractivity contribution in [1.29, 1.82) is 0 Å². The van der Waals surface area contributed by atoms with Crippen LogP contribution in [0.15, 0.2) is 18.2 Å². The summed E-state index contributed by atoms with van der Waals surface area (Å²) in [6.07, 6.45) is -7.68. The van der Waals surface area contributed by atoms with Gasteiger partial charge >= 0.3 is 11.9 Å². The highest BCUT2D eigenvalue weighted by Gasteiger charge is 2.46. The van der Waals surface area contributed by atoms with Crippen molar-refractivity contribution in [3.05, 3.63) is 29.3 Å². The summed E-state index contributed by atoms with van der Waals surface area (Å²) in [5, 5.41) is 44.8. The van der Waals surface area contributed by atoms with Crippen LogP contribution in [0.5, 0.6) is 0 Å². The molecule has 0 radical (unpaired) electrons. The quantitative estimate of drug-likeness (QED) is 0.170. The average molecular weight is 540 g/mol. The monoisotopic (exact) mass is 539 g/mol. The van der Waals surface area contributed by atoms with Crippen molar-refractivity contribution in [3.8, 4) is 0 Å². The van der Waals surface area contributed by atoms with Crippen LogP contribution in [0.2, 0.25) is 0 Å². The number of anilines is 1. The number of amides is 2. The Hall–Kier alpha value is -3.10. The number of aliphatic hydroxyl groups is 3. The first-order valence-corrected chi connectivity index (χ1v) is 12.3. The van der Waals surface area contributed by atoms with E-state index in [1.807, 2.05) is 0 Å². The van der Waals surface area contributed by atoms with Crippen LogP contribution >= 0.6 is 0 Å². The molecule has 2 rings (SSSR count). The summed E-state index contributed by atoms with van der Waals surface area (Å²) >= 11 is 0. The largest absolute Gasteiger partial charge is 0.479 e. The van der Waals surface area contributed by atoms with Gasteiger partial charge in [-0.05, 0) is 48.9 Å². The van der Waals surface area contributed by atoms with Crippen molar-refractivity contribution < 1.29 is 49.1 Å². The van der Waals surface area contributed by atoms with Gasteiger partial charge in [0, 0.05) is 12.6 Å². The van der Waals surface area contributed by atoms with Crippen LogP contribution in [-0.2, 0) is 41.7 Å². The van der Waals surface area contributed by atoms with Crippen LogP contribution in [0.4, 0.5) is 5.69 Å². The summed E-state index contributed by atoms with van der Waals surface area (Å²) in [5.74, 6) is -3.06. The van der Waals surface area contributed by atoms with Crippen molar-refractivity contribution in [2.75, 3.05) is 5.32 Å². The molecule has 1 aliphatic rings. The zero-order valence-electron chi connectivity index (χ0n) is 21.8. The number of rotatable bonds is 11. The molecule has 1 saturated heterocycles. The molecule has 7 atom stereocenters. The number of hydrogen-bond acceptors (Lipinski definition) is 10. The summed E-state index contributed by atoms with van der Waals surface area (Å²) in [4.78, 5) is 47.6. The number of carboxylic acid groups (broad SMARTS) is 1. The lowest BCUT2D eigenvalue weighted by atomic mass is 9.91. The number of carbonyl (C=O) groups is 4. The molecule has 0 aromatic heterocycles. The standard InChI is InChI=1S/C25H37N3O10/c1-11(2)18(26)24(34)27-12(3)23(33)28-16-7-5-15(10-37-13(4)29)14(9-16)6-8-17-19(30)20(31)21(32)22(38-17)25(35)36/h5,7,9,11-12,17-22,30-32H,6,8,10,26H2,1-4H3,(H,27,34)(H,28,33)(H,35,36)/t12-,17-,18-,19-,20+,21-,22-/m0/s1. The summed E-state index contributed by atoms with van der Waals surface area (Å²) in [6.45, 7) is 6.26. The number of carbonyl (C=O) groups excluding carboxylic acids is 3. The maximum Gasteiger partial charge on any atom is 0.335 e. The first-order chi connectivity index (χ1) is 17.7. The molecule has 212 valence electrons. The van der Waals surface area contributed by atoms with E-state index in [9.17, 15) is 39.6 Å². The Kier molecular flexibility index (Phi) is 11.2. The number of benzene rings is 1. The number of aliphatic carboxylic acids is 1. The number of nitrogens with two attached hydrogens (primary N) is 1. The van der Waals surface area contributed by atoms with E-state index >= 15 is 0 Å². The summed E-state index contributed by atoms with van der Waals surface area (Å²) in [5.41, 5.74) is 7.37. The van der Waals surface area contributed by atoms with Crippen LogP contribution < -0.4 is 16.4 Å². The second-order valence-corrected chi connectivity index (χ2v) is 9.70. The van der Waals surface area contributed by atoms with E-state index in [0.29, 0.717) is 16.8 Å². The highest BCUT2D eigenvalue weighted by Crippen LogP contribution is 2.26. The van der Waals surface area contributed by atoms with Crippen LogP contribution in [0.25, 0.3) is 0 Å². The van der Waals surface area contributed by atoms with Crippen molar-refractivity contribution in [3.63, 3.8) is 0 Å². The molecule has 13 nitrogen and oxygen atoms in total. The highest BCUT2D eigenvalue weighted by atomic mass is 16.6. The number of aliphatic hydroxyl groups excluding tert-OH is 3. The predicted molar refractivity (Wildman–Crippen MR) is 134 cm³/mol. The molecule has 0 unspecified atom stereocenters. The number of esters is 1. The van der Waals surface area contributed by atoms with Crippen molar-refractivity contribution in [2.45, 2.75) is 89.7 Å². The van der Waals surface area contributed by atoms with Crippen LogP contribution in [0, 0.1) is 5.92 Å². The predicted octanol–water partition coefficient (Wildman–Crippen LogP) is -0.956. The van der Waals surface area contributed by atoms with Gasteiger partial charge in [0.15, 0.2) is 6.10 Å². The van der Waals surface area contributed by atoms with Gasteiger partial charge in [-0.25, -0.2) is 4.79 Å². The molecule has 2 amide bonds. The van der Waals surface area contributed by atoms with Crippen molar-refractivity contribution in [2.24, 2.45) is 11.7 Å². The minimum Gasteiger partial charge on any atom is -0.479 e. The van der Waals surface area contributed by atoms with E-state index in [2.05, 4.69) is 10.6 Å². The third-order valence-electron chi connectivity index (χ3n) is 6.33. The van der Waals surface area contributed by atoms with Gasteiger partial charge in [-0.3, -0.25) is 14.4 Å². The Balaban J connectivity index is 2.17.